The summed E-state index contributed by atoms with van der Waals surface area (Å²) >= 11 is 3.27. The molecule has 10 heteroatoms. The van der Waals surface area contributed by atoms with Gasteiger partial charge in [-0.05, 0) is 47.7 Å². The van der Waals surface area contributed by atoms with E-state index in [9.17, 15) is 10.1 Å². The molecule has 0 unspecified atom stereocenters. The zero-order valence-electron chi connectivity index (χ0n) is 12.4. The van der Waals surface area contributed by atoms with E-state index in [0.29, 0.717) is 26.0 Å². The van der Waals surface area contributed by atoms with Gasteiger partial charge in [0, 0.05) is 18.0 Å². The average Bonchev–Trinajstić information content (AvgIpc) is 2.88. The number of benzene rings is 1. The Morgan fingerprint density at radius 2 is 2.12 bits per heavy atom. The van der Waals surface area contributed by atoms with Gasteiger partial charge in [-0.15, -0.1) is 0 Å². The van der Waals surface area contributed by atoms with Gasteiger partial charge in [-0.1, -0.05) is 11.3 Å². The van der Waals surface area contributed by atoms with Gasteiger partial charge in [-0.25, -0.2) is 15.0 Å². The van der Waals surface area contributed by atoms with Gasteiger partial charge in [0.25, 0.3) is 5.69 Å². The third-order valence-electron chi connectivity index (χ3n) is 3.10. The van der Waals surface area contributed by atoms with Crippen LogP contribution < -0.4 is 11.1 Å². The Morgan fingerprint density at radius 3 is 2.79 bits per heavy atom. The Balaban J connectivity index is 1.92. The zero-order chi connectivity index (χ0) is 17.3. The second-order valence-corrected chi connectivity index (χ2v) is 6.97. The number of anilines is 3. The van der Waals surface area contributed by atoms with E-state index < -0.39 is 4.92 Å². The molecule has 0 amide bonds. The molecule has 0 radical (unpaired) electrons. The Labute approximate surface area is 154 Å². The summed E-state index contributed by atoms with van der Waals surface area (Å²) < 4.78 is 0.563. The topological polar surface area (TPSA) is 120 Å². The summed E-state index contributed by atoms with van der Waals surface area (Å²) in [6.45, 7) is 1.86. The van der Waals surface area contributed by atoms with Crippen LogP contribution >= 0.6 is 33.9 Å². The van der Waals surface area contributed by atoms with Crippen molar-refractivity contribution in [3.05, 3.63) is 49.8 Å². The van der Waals surface area contributed by atoms with Crippen LogP contribution in [0.2, 0.25) is 0 Å². The van der Waals surface area contributed by atoms with Crippen molar-refractivity contribution in [3.63, 3.8) is 0 Å². The number of nitrogen functional groups attached to an aromatic ring is 1. The summed E-state index contributed by atoms with van der Waals surface area (Å²) in [7, 11) is 0. The van der Waals surface area contributed by atoms with Crippen molar-refractivity contribution in [1.82, 2.24) is 15.0 Å². The predicted octanol–water partition coefficient (Wildman–Crippen LogP) is 3.75. The lowest BCUT2D eigenvalue weighted by Gasteiger charge is -2.06. The van der Waals surface area contributed by atoms with Crippen molar-refractivity contribution in [1.29, 1.82) is 0 Å². The third-order valence-corrected chi connectivity index (χ3v) is 5.02. The van der Waals surface area contributed by atoms with E-state index in [2.05, 4.69) is 20.3 Å². The van der Waals surface area contributed by atoms with E-state index >= 15 is 0 Å². The maximum Gasteiger partial charge on any atom is 0.284 e. The van der Waals surface area contributed by atoms with Crippen LogP contribution in [-0.4, -0.2) is 19.9 Å². The number of halogens is 1. The summed E-state index contributed by atoms with van der Waals surface area (Å²) in [6, 6.07) is 6.62. The summed E-state index contributed by atoms with van der Waals surface area (Å²) in [4.78, 5) is 24.2. The predicted molar refractivity (Wildman–Crippen MR) is 101 cm³/mol. The molecule has 0 aliphatic rings. The van der Waals surface area contributed by atoms with Crippen LogP contribution in [0.15, 0.2) is 30.5 Å². The van der Waals surface area contributed by atoms with Crippen LogP contribution in [-0.2, 0) is 0 Å². The third kappa shape index (κ3) is 3.43. The first kappa shape index (κ1) is 16.5. The van der Waals surface area contributed by atoms with Crippen molar-refractivity contribution >= 4 is 56.4 Å². The molecule has 8 nitrogen and oxygen atoms in total. The van der Waals surface area contributed by atoms with Gasteiger partial charge in [-0.3, -0.25) is 10.1 Å². The largest absolute Gasteiger partial charge is 0.375 e. The molecule has 0 bridgehead atoms. The molecule has 0 fully saturated rings. The molecule has 3 N–H and O–H groups in total. The quantitative estimate of drug-likeness (QED) is 0.350. The summed E-state index contributed by atoms with van der Waals surface area (Å²) in [6.07, 6.45) is 1.61. The van der Waals surface area contributed by atoms with Gasteiger partial charge in [0.1, 0.15) is 0 Å². The number of nitro groups is 1. The number of hydrogen-bond donors (Lipinski definition) is 2. The highest BCUT2D eigenvalue weighted by Gasteiger charge is 2.14. The molecule has 0 saturated carbocycles. The molecule has 0 spiro atoms. The van der Waals surface area contributed by atoms with E-state index in [1.54, 1.807) is 24.4 Å². The molecule has 0 saturated heterocycles. The van der Waals surface area contributed by atoms with Crippen LogP contribution in [0.5, 0.6) is 0 Å². The van der Waals surface area contributed by atoms with Gasteiger partial charge in [0.05, 0.1) is 24.8 Å². The number of nitrogens with zero attached hydrogens (tertiary/aromatic N) is 4. The van der Waals surface area contributed by atoms with Crippen molar-refractivity contribution in [2.75, 3.05) is 11.1 Å². The number of aryl methyl sites for hydroxylation is 1. The average molecular weight is 454 g/mol. The summed E-state index contributed by atoms with van der Waals surface area (Å²) in [5.74, 6) is 0.342. The lowest BCUT2D eigenvalue weighted by atomic mass is 10.3. The van der Waals surface area contributed by atoms with E-state index in [1.807, 2.05) is 29.5 Å². The first-order chi connectivity index (χ1) is 11.4. The molecule has 0 atom stereocenters. The maximum absolute atomic E-state index is 11.0. The van der Waals surface area contributed by atoms with Gasteiger partial charge in [0.15, 0.2) is 5.13 Å². The number of rotatable bonds is 4. The molecule has 0 aliphatic heterocycles. The Kier molecular flexibility index (Phi) is 4.57. The van der Waals surface area contributed by atoms with E-state index in [0.717, 1.165) is 10.6 Å². The number of hydrogen-bond acceptors (Lipinski definition) is 8. The lowest BCUT2D eigenvalue weighted by molar-refractivity contribution is -0.385. The summed E-state index contributed by atoms with van der Waals surface area (Å²) in [5.41, 5.74) is 7.79. The van der Waals surface area contributed by atoms with E-state index in [4.69, 9.17) is 5.73 Å². The molecule has 24 heavy (non-hydrogen) atoms. The van der Waals surface area contributed by atoms with Gasteiger partial charge in [-0.2, -0.15) is 0 Å². The Hall–Kier alpha value is -2.34. The number of aromatic nitrogens is 3. The minimum Gasteiger partial charge on any atom is -0.375 e. The van der Waals surface area contributed by atoms with Crippen LogP contribution in [0.4, 0.5) is 22.5 Å². The van der Waals surface area contributed by atoms with E-state index in [-0.39, 0.29) is 5.69 Å². The SMILES string of the molecule is Cc1nc(N)sc1-c1ccnc(Nc2ccc(I)c([N+](=O)[O-])c2)n1. The van der Waals surface area contributed by atoms with Crippen LogP contribution in [0.3, 0.4) is 0 Å². The number of thiazole rings is 1. The van der Waals surface area contributed by atoms with Crippen LogP contribution in [0.1, 0.15) is 5.69 Å². The molecule has 3 aromatic rings. The van der Waals surface area contributed by atoms with Gasteiger partial charge in [0.2, 0.25) is 5.95 Å². The maximum atomic E-state index is 11.0. The molecule has 3 rings (SSSR count). The first-order valence-electron chi connectivity index (χ1n) is 6.71. The highest BCUT2D eigenvalue weighted by Crippen LogP contribution is 2.31. The smallest absolute Gasteiger partial charge is 0.284 e. The Morgan fingerprint density at radius 1 is 1.33 bits per heavy atom. The molecule has 2 aromatic heterocycles. The second-order valence-electron chi connectivity index (χ2n) is 4.78. The van der Waals surface area contributed by atoms with Crippen molar-refractivity contribution in [3.8, 4) is 10.6 Å². The highest BCUT2D eigenvalue weighted by molar-refractivity contribution is 14.1. The number of nitro benzene ring substituents is 1. The molecule has 0 aliphatic carbocycles. The monoisotopic (exact) mass is 454 g/mol. The molecular formula is C14H11IN6O2S. The van der Waals surface area contributed by atoms with Crippen molar-refractivity contribution in [2.45, 2.75) is 6.92 Å². The second kappa shape index (κ2) is 6.65. The van der Waals surface area contributed by atoms with Gasteiger partial charge >= 0.3 is 0 Å². The van der Waals surface area contributed by atoms with Crippen molar-refractivity contribution in [2.24, 2.45) is 0 Å². The minimum atomic E-state index is -0.423. The molecule has 122 valence electrons. The van der Waals surface area contributed by atoms with E-state index in [1.165, 1.54) is 17.4 Å². The minimum absolute atomic E-state index is 0.0304. The standard InChI is InChI=1S/C14H11IN6O2S/c1-7-12(24-13(16)18-7)10-4-5-17-14(20-10)19-8-2-3-9(15)11(6-8)21(22)23/h2-6H,1H3,(H2,16,18)(H,17,19,20). The first-order valence-corrected chi connectivity index (χ1v) is 8.61. The highest BCUT2D eigenvalue weighted by atomic mass is 127. The van der Waals surface area contributed by atoms with Gasteiger partial charge < -0.3 is 11.1 Å². The Bertz CT molecular complexity index is 929. The molecule has 1 aromatic carbocycles. The fraction of sp³-hybridized carbons (Fsp3) is 0.0714. The fourth-order valence-corrected chi connectivity index (χ4v) is 3.40. The van der Waals surface area contributed by atoms with Crippen molar-refractivity contribution < 1.29 is 4.92 Å². The zero-order valence-corrected chi connectivity index (χ0v) is 15.3. The van der Waals surface area contributed by atoms with Crippen LogP contribution in [0, 0.1) is 20.6 Å². The number of nitrogens with one attached hydrogen (secondary N) is 1. The van der Waals surface area contributed by atoms with Crippen LogP contribution in [0.25, 0.3) is 10.6 Å². The lowest BCUT2D eigenvalue weighted by Crippen LogP contribution is -1.99. The normalized spacial score (nSPS) is 10.6. The summed E-state index contributed by atoms with van der Waals surface area (Å²) in [5, 5.41) is 14.5. The fourth-order valence-electron chi connectivity index (χ4n) is 2.06. The number of nitrogens with two attached hydrogens (primary N) is 1. The molecular weight excluding hydrogens is 443 g/mol. The molecule has 2 heterocycles.